The molecule has 2 heterocycles. The molecule has 1 amide bonds. The number of pyridine rings is 1. The average molecular weight is 447 g/mol. The zero-order valence-electron chi connectivity index (χ0n) is 14.3. The molecule has 0 N–H and O–H groups in total. The number of esters is 1. The lowest BCUT2D eigenvalue weighted by Gasteiger charge is -2.15. The third kappa shape index (κ3) is 5.38. The molecule has 0 aliphatic heterocycles. The zero-order chi connectivity index (χ0) is 19.2. The summed E-state index contributed by atoms with van der Waals surface area (Å²) in [6, 6.07) is 15.5. The van der Waals surface area contributed by atoms with Crippen molar-refractivity contribution in [1.82, 2.24) is 9.88 Å². The second-order valence-electron chi connectivity index (χ2n) is 5.48. The summed E-state index contributed by atoms with van der Waals surface area (Å²) >= 11 is 4.63. The molecule has 2 aromatic heterocycles. The van der Waals surface area contributed by atoms with Crippen LogP contribution in [-0.2, 0) is 4.79 Å². The van der Waals surface area contributed by atoms with Gasteiger partial charge < -0.3 is 14.4 Å². The minimum atomic E-state index is -0.528. The molecule has 0 radical (unpaired) electrons. The first-order valence-corrected chi connectivity index (χ1v) is 9.52. The van der Waals surface area contributed by atoms with Crippen molar-refractivity contribution in [3.8, 4) is 17.4 Å². The number of likely N-dealkylation sites (N-methyl/N-ethyl adjacent to an activating group) is 1. The lowest BCUT2D eigenvalue weighted by atomic mass is 10.3. The predicted molar refractivity (Wildman–Crippen MR) is 105 cm³/mol. The molecular formula is C19H15BrN2O4S. The number of thiophene rings is 1. The Morgan fingerprint density at radius 2 is 1.81 bits per heavy atom. The van der Waals surface area contributed by atoms with Crippen molar-refractivity contribution in [3.63, 3.8) is 0 Å². The second kappa shape index (κ2) is 8.79. The Labute approximate surface area is 168 Å². The van der Waals surface area contributed by atoms with Crippen LogP contribution in [0.2, 0.25) is 0 Å². The number of carbonyl (C=O) groups excluding carboxylic acids is 2. The van der Waals surface area contributed by atoms with Gasteiger partial charge in [-0.05, 0) is 58.4 Å². The molecule has 0 saturated heterocycles. The molecule has 6 nitrogen and oxygen atoms in total. The molecule has 3 rings (SSSR count). The lowest BCUT2D eigenvalue weighted by molar-refractivity contribution is -0.134. The first kappa shape index (κ1) is 19.1. The van der Waals surface area contributed by atoms with Crippen LogP contribution in [0.25, 0.3) is 0 Å². The fourth-order valence-corrected chi connectivity index (χ4v) is 3.53. The molecule has 138 valence electrons. The Kier molecular flexibility index (Phi) is 6.20. The van der Waals surface area contributed by atoms with Crippen molar-refractivity contribution in [2.75, 3.05) is 13.6 Å². The maximum atomic E-state index is 12.2. The molecule has 0 aliphatic rings. The first-order chi connectivity index (χ1) is 13.0. The molecular weight excluding hydrogens is 432 g/mol. The van der Waals surface area contributed by atoms with E-state index in [1.54, 1.807) is 61.8 Å². The standard InChI is InChI=1S/C19H15BrN2O4S/c1-22(19(24)15-9-10-16(20)27-15)12-18(23)26-14-7-5-13(6-8-14)25-17-4-2-3-11-21-17/h2-11H,12H2,1H3. The highest BCUT2D eigenvalue weighted by molar-refractivity contribution is 9.11. The largest absolute Gasteiger partial charge is 0.439 e. The van der Waals surface area contributed by atoms with Gasteiger partial charge in [-0.25, -0.2) is 9.78 Å². The molecule has 0 fully saturated rings. The topological polar surface area (TPSA) is 68.7 Å². The Bertz CT molecular complexity index is 928. The van der Waals surface area contributed by atoms with Gasteiger partial charge in [-0.3, -0.25) is 4.79 Å². The fraction of sp³-hybridized carbons (Fsp3) is 0.105. The molecule has 0 bridgehead atoms. The molecule has 0 saturated carbocycles. The van der Waals surface area contributed by atoms with Crippen molar-refractivity contribution >= 4 is 39.1 Å². The van der Waals surface area contributed by atoms with Crippen molar-refractivity contribution < 1.29 is 19.1 Å². The van der Waals surface area contributed by atoms with Gasteiger partial charge in [0.2, 0.25) is 5.88 Å². The van der Waals surface area contributed by atoms with Gasteiger partial charge in [-0.2, -0.15) is 0 Å². The fourth-order valence-electron chi connectivity index (χ4n) is 2.15. The Morgan fingerprint density at radius 1 is 1.07 bits per heavy atom. The molecule has 27 heavy (non-hydrogen) atoms. The Hall–Kier alpha value is -2.71. The summed E-state index contributed by atoms with van der Waals surface area (Å²) in [6.45, 7) is -0.152. The van der Waals surface area contributed by atoms with Crippen LogP contribution < -0.4 is 9.47 Å². The normalized spacial score (nSPS) is 10.3. The van der Waals surface area contributed by atoms with Crippen LogP contribution in [0.1, 0.15) is 9.67 Å². The van der Waals surface area contributed by atoms with Gasteiger partial charge in [-0.1, -0.05) is 6.07 Å². The molecule has 1 aromatic carbocycles. The Balaban J connectivity index is 1.53. The van der Waals surface area contributed by atoms with E-state index >= 15 is 0 Å². The van der Waals surface area contributed by atoms with E-state index in [2.05, 4.69) is 20.9 Å². The van der Waals surface area contributed by atoms with Crippen LogP contribution in [-0.4, -0.2) is 35.4 Å². The number of amides is 1. The van der Waals surface area contributed by atoms with Gasteiger partial charge in [-0.15, -0.1) is 11.3 Å². The first-order valence-electron chi connectivity index (χ1n) is 7.92. The maximum absolute atomic E-state index is 12.2. The smallest absolute Gasteiger partial charge is 0.331 e. The monoisotopic (exact) mass is 446 g/mol. The van der Waals surface area contributed by atoms with Gasteiger partial charge >= 0.3 is 5.97 Å². The summed E-state index contributed by atoms with van der Waals surface area (Å²) in [5.41, 5.74) is 0. The number of hydrogen-bond donors (Lipinski definition) is 0. The van der Waals surface area contributed by atoms with E-state index in [-0.39, 0.29) is 12.5 Å². The number of carbonyl (C=O) groups is 2. The summed E-state index contributed by atoms with van der Waals surface area (Å²) in [7, 11) is 1.56. The second-order valence-corrected chi connectivity index (χ2v) is 7.94. The van der Waals surface area contributed by atoms with Gasteiger partial charge in [0.1, 0.15) is 18.0 Å². The summed E-state index contributed by atoms with van der Waals surface area (Å²) in [6.07, 6.45) is 1.64. The van der Waals surface area contributed by atoms with E-state index in [0.29, 0.717) is 22.3 Å². The predicted octanol–water partition coefficient (Wildman–Crippen LogP) is 4.38. The minimum Gasteiger partial charge on any atom is -0.439 e. The quantitative estimate of drug-likeness (QED) is 0.415. The number of halogens is 1. The van der Waals surface area contributed by atoms with E-state index in [4.69, 9.17) is 9.47 Å². The van der Waals surface area contributed by atoms with E-state index in [0.717, 1.165) is 3.79 Å². The average Bonchev–Trinajstić information content (AvgIpc) is 3.10. The minimum absolute atomic E-state index is 0.152. The van der Waals surface area contributed by atoms with Crippen LogP contribution in [0, 0.1) is 0 Å². The highest BCUT2D eigenvalue weighted by Crippen LogP contribution is 2.24. The summed E-state index contributed by atoms with van der Waals surface area (Å²) in [5, 5.41) is 0. The zero-order valence-corrected chi connectivity index (χ0v) is 16.7. The van der Waals surface area contributed by atoms with Crippen molar-refractivity contribution in [3.05, 3.63) is 69.5 Å². The molecule has 0 unspecified atom stereocenters. The number of ether oxygens (including phenoxy) is 2. The molecule has 0 spiro atoms. The van der Waals surface area contributed by atoms with E-state index in [1.165, 1.54) is 16.2 Å². The highest BCUT2D eigenvalue weighted by atomic mass is 79.9. The van der Waals surface area contributed by atoms with Gasteiger partial charge in [0.25, 0.3) is 5.91 Å². The number of rotatable bonds is 6. The number of hydrogen-bond acceptors (Lipinski definition) is 6. The molecule has 0 aliphatic carbocycles. The third-order valence-corrected chi connectivity index (χ3v) is 5.02. The van der Waals surface area contributed by atoms with Crippen molar-refractivity contribution in [1.29, 1.82) is 0 Å². The van der Waals surface area contributed by atoms with Crippen LogP contribution in [0.4, 0.5) is 0 Å². The summed E-state index contributed by atoms with van der Waals surface area (Å²) < 4.78 is 11.7. The van der Waals surface area contributed by atoms with Crippen molar-refractivity contribution in [2.45, 2.75) is 0 Å². The maximum Gasteiger partial charge on any atom is 0.331 e. The molecule has 8 heteroatoms. The van der Waals surface area contributed by atoms with E-state index < -0.39 is 5.97 Å². The van der Waals surface area contributed by atoms with Crippen LogP contribution in [0.15, 0.2) is 64.6 Å². The van der Waals surface area contributed by atoms with Crippen molar-refractivity contribution in [2.24, 2.45) is 0 Å². The van der Waals surface area contributed by atoms with Gasteiger partial charge in [0.05, 0.1) is 8.66 Å². The lowest BCUT2D eigenvalue weighted by Crippen LogP contribution is -2.33. The van der Waals surface area contributed by atoms with E-state index in [1.807, 2.05) is 6.07 Å². The molecule has 3 aromatic rings. The SMILES string of the molecule is CN(CC(=O)Oc1ccc(Oc2ccccn2)cc1)C(=O)c1ccc(Br)s1. The van der Waals surface area contributed by atoms with Crippen LogP contribution >= 0.6 is 27.3 Å². The Morgan fingerprint density at radius 3 is 2.44 bits per heavy atom. The third-order valence-electron chi connectivity index (χ3n) is 3.41. The number of nitrogens with zero attached hydrogens (tertiary/aromatic N) is 2. The number of benzene rings is 1. The highest BCUT2D eigenvalue weighted by Gasteiger charge is 2.17. The van der Waals surface area contributed by atoms with Gasteiger partial charge in [0, 0.05) is 19.3 Å². The van der Waals surface area contributed by atoms with E-state index in [9.17, 15) is 9.59 Å². The summed E-state index contributed by atoms with van der Waals surface area (Å²) in [5.74, 6) is 0.654. The number of aromatic nitrogens is 1. The molecule has 0 atom stereocenters. The van der Waals surface area contributed by atoms with Gasteiger partial charge in [0.15, 0.2) is 0 Å². The van der Waals surface area contributed by atoms with Crippen LogP contribution in [0.3, 0.4) is 0 Å². The summed E-state index contributed by atoms with van der Waals surface area (Å²) in [4.78, 5) is 30.3. The van der Waals surface area contributed by atoms with Crippen LogP contribution in [0.5, 0.6) is 17.4 Å².